The summed E-state index contributed by atoms with van der Waals surface area (Å²) in [6, 6.07) is -0.830. The third-order valence-corrected chi connectivity index (χ3v) is 12.0. The number of allylic oxidation sites excluding steroid dienone is 11. The van der Waals surface area contributed by atoms with Crippen molar-refractivity contribution in [3.05, 3.63) is 72.9 Å². The van der Waals surface area contributed by atoms with E-state index in [1.165, 1.54) is 116 Å². The van der Waals surface area contributed by atoms with Gasteiger partial charge in [-0.3, -0.25) is 4.79 Å². The van der Waals surface area contributed by atoms with Crippen LogP contribution in [-0.2, 0) is 14.3 Å². The highest BCUT2D eigenvalue weighted by Gasteiger charge is 2.44. The Hall–Kier alpha value is -2.37. The van der Waals surface area contributed by atoms with Gasteiger partial charge in [-0.1, -0.05) is 209 Å². The van der Waals surface area contributed by atoms with Gasteiger partial charge in [-0.25, -0.2) is 0 Å². The molecule has 64 heavy (non-hydrogen) atoms. The van der Waals surface area contributed by atoms with Gasteiger partial charge in [0.2, 0.25) is 5.91 Å². The van der Waals surface area contributed by atoms with Gasteiger partial charge in [0, 0.05) is 6.42 Å². The van der Waals surface area contributed by atoms with Gasteiger partial charge in [0.25, 0.3) is 0 Å². The van der Waals surface area contributed by atoms with Crippen molar-refractivity contribution in [1.82, 2.24) is 5.32 Å². The highest BCUT2D eigenvalue weighted by Crippen LogP contribution is 2.23. The van der Waals surface area contributed by atoms with E-state index >= 15 is 0 Å². The minimum atomic E-state index is -1.58. The van der Waals surface area contributed by atoms with Crippen LogP contribution < -0.4 is 5.32 Å². The predicted molar refractivity (Wildman–Crippen MR) is 267 cm³/mol. The summed E-state index contributed by atoms with van der Waals surface area (Å²) in [4.78, 5) is 13.0. The van der Waals surface area contributed by atoms with E-state index < -0.39 is 49.5 Å². The number of unbranched alkanes of at least 4 members (excludes halogenated alkanes) is 23. The lowest BCUT2D eigenvalue weighted by Gasteiger charge is -2.40. The average molecular weight is 900 g/mol. The molecule has 1 amide bonds. The van der Waals surface area contributed by atoms with E-state index in [2.05, 4.69) is 79.9 Å². The van der Waals surface area contributed by atoms with E-state index in [1.807, 2.05) is 6.08 Å². The third kappa shape index (κ3) is 34.0. The molecule has 0 saturated carbocycles. The fourth-order valence-electron chi connectivity index (χ4n) is 7.87. The summed E-state index contributed by atoms with van der Waals surface area (Å²) in [7, 11) is 0. The van der Waals surface area contributed by atoms with Crippen LogP contribution in [0.3, 0.4) is 0 Å². The molecule has 0 aliphatic carbocycles. The molecule has 0 radical (unpaired) electrons. The standard InChI is InChI=1S/C55H97NO8/c1-3-5-7-9-11-13-15-17-19-21-23-25-27-29-31-33-35-37-39-41-43-45-51(59)56-48(47-63-55-54(62)53(61)52(60)50(46-57)64-55)49(58)44-42-40-38-36-34-32-30-28-26-24-22-20-18-16-14-12-10-8-6-4-2/h5,7,11,13,17,19,23,25,34,36,42,44,48-50,52-55,57-58,60-62H,3-4,6,8-10,12,14-16,18,20-22,24,26-33,35,37-41,43,45-47H2,1-2H3,(H,56,59)/b7-5-,13-11-,19-17-,25-23-,36-34+,44-42+. The molecule has 9 heteroatoms. The number of rotatable bonds is 43. The topological polar surface area (TPSA) is 149 Å². The molecule has 0 aromatic rings. The lowest BCUT2D eigenvalue weighted by Crippen LogP contribution is -2.60. The van der Waals surface area contributed by atoms with Gasteiger partial charge in [0.15, 0.2) is 6.29 Å². The smallest absolute Gasteiger partial charge is 0.220 e. The van der Waals surface area contributed by atoms with Crippen LogP contribution in [-0.4, -0.2) is 87.5 Å². The van der Waals surface area contributed by atoms with E-state index in [9.17, 15) is 30.3 Å². The SMILES string of the molecule is CC/C=C\C/C=C\C/C=C\C/C=C\CCCCCCCCCCC(=O)NC(COC1OC(CO)C(O)C(O)C1O)C(O)/C=C/CC/C=C/CCCCCCCCCCCCCCCC. The molecule has 7 atom stereocenters. The summed E-state index contributed by atoms with van der Waals surface area (Å²) < 4.78 is 11.2. The molecule has 1 aliphatic rings. The molecular weight excluding hydrogens is 803 g/mol. The van der Waals surface area contributed by atoms with Crippen LogP contribution in [0.5, 0.6) is 0 Å². The highest BCUT2D eigenvalue weighted by molar-refractivity contribution is 5.76. The molecule has 1 heterocycles. The van der Waals surface area contributed by atoms with Gasteiger partial charge < -0.3 is 40.3 Å². The van der Waals surface area contributed by atoms with Crippen molar-refractivity contribution in [2.75, 3.05) is 13.2 Å². The van der Waals surface area contributed by atoms with Crippen LogP contribution >= 0.6 is 0 Å². The largest absolute Gasteiger partial charge is 0.394 e. The maximum absolute atomic E-state index is 13.0. The van der Waals surface area contributed by atoms with E-state index in [0.717, 1.165) is 77.0 Å². The van der Waals surface area contributed by atoms with Gasteiger partial charge in [-0.2, -0.15) is 0 Å². The monoisotopic (exact) mass is 900 g/mol. The molecule has 1 saturated heterocycles. The summed E-state index contributed by atoms with van der Waals surface area (Å²) in [5.74, 6) is -0.197. The zero-order chi connectivity index (χ0) is 46.6. The average Bonchev–Trinajstić information content (AvgIpc) is 3.29. The van der Waals surface area contributed by atoms with E-state index in [1.54, 1.807) is 6.08 Å². The molecule has 6 N–H and O–H groups in total. The van der Waals surface area contributed by atoms with Crippen LogP contribution in [0.2, 0.25) is 0 Å². The van der Waals surface area contributed by atoms with Crippen molar-refractivity contribution in [2.24, 2.45) is 0 Å². The Balaban J connectivity index is 2.32. The Bertz CT molecular complexity index is 1230. The number of amides is 1. The Morgan fingerprint density at radius 3 is 1.50 bits per heavy atom. The first-order valence-corrected chi connectivity index (χ1v) is 26.2. The van der Waals surface area contributed by atoms with Crippen molar-refractivity contribution in [1.29, 1.82) is 0 Å². The summed E-state index contributed by atoms with van der Waals surface area (Å²) in [5, 5.41) is 54.4. The lowest BCUT2D eigenvalue weighted by molar-refractivity contribution is -0.302. The first kappa shape index (κ1) is 59.6. The molecule has 0 aromatic carbocycles. The molecule has 0 spiro atoms. The highest BCUT2D eigenvalue weighted by atomic mass is 16.7. The van der Waals surface area contributed by atoms with Gasteiger partial charge >= 0.3 is 0 Å². The minimum Gasteiger partial charge on any atom is -0.394 e. The molecular formula is C55H97NO8. The Morgan fingerprint density at radius 1 is 0.547 bits per heavy atom. The maximum Gasteiger partial charge on any atom is 0.220 e. The maximum atomic E-state index is 13.0. The van der Waals surface area contributed by atoms with Crippen LogP contribution in [0.4, 0.5) is 0 Å². The Kier molecular flexibility index (Phi) is 41.4. The van der Waals surface area contributed by atoms with E-state index in [-0.39, 0.29) is 12.5 Å². The summed E-state index contributed by atoms with van der Waals surface area (Å²) >= 11 is 0. The molecule has 0 aromatic heterocycles. The first-order valence-electron chi connectivity index (χ1n) is 26.2. The van der Waals surface area contributed by atoms with Crippen LogP contribution in [0, 0.1) is 0 Å². The van der Waals surface area contributed by atoms with Crippen LogP contribution in [0.1, 0.15) is 213 Å². The summed E-state index contributed by atoms with van der Waals surface area (Å²) in [5.41, 5.74) is 0. The Labute approximate surface area is 391 Å². The van der Waals surface area contributed by atoms with E-state index in [4.69, 9.17) is 9.47 Å². The molecule has 1 rings (SSSR count). The molecule has 370 valence electrons. The number of aliphatic hydroxyl groups excluding tert-OH is 5. The van der Waals surface area contributed by atoms with Gasteiger partial charge in [-0.15, -0.1) is 0 Å². The van der Waals surface area contributed by atoms with Crippen molar-refractivity contribution in [2.45, 2.75) is 256 Å². The number of nitrogens with one attached hydrogen (secondary N) is 1. The second kappa shape index (κ2) is 44.5. The molecule has 9 nitrogen and oxygen atoms in total. The molecule has 7 unspecified atom stereocenters. The molecule has 0 bridgehead atoms. The van der Waals surface area contributed by atoms with Crippen molar-refractivity contribution < 1.29 is 39.8 Å². The Morgan fingerprint density at radius 2 is 0.984 bits per heavy atom. The van der Waals surface area contributed by atoms with Gasteiger partial charge in [0.1, 0.15) is 24.4 Å². The lowest BCUT2D eigenvalue weighted by atomic mass is 9.99. The third-order valence-electron chi connectivity index (χ3n) is 12.0. The zero-order valence-electron chi connectivity index (χ0n) is 40.8. The number of ether oxygens (including phenoxy) is 2. The fraction of sp³-hybridized carbons (Fsp3) is 0.764. The van der Waals surface area contributed by atoms with Gasteiger partial charge in [-0.05, 0) is 70.6 Å². The zero-order valence-corrected chi connectivity index (χ0v) is 40.8. The molecule has 1 aliphatic heterocycles. The first-order chi connectivity index (χ1) is 31.3. The second-order valence-electron chi connectivity index (χ2n) is 17.9. The quantitative estimate of drug-likeness (QED) is 0.0262. The summed E-state index contributed by atoms with van der Waals surface area (Å²) in [6.07, 6.45) is 53.8. The second-order valence-corrected chi connectivity index (χ2v) is 17.9. The van der Waals surface area contributed by atoms with Gasteiger partial charge in [0.05, 0.1) is 25.4 Å². The number of hydrogen-bond acceptors (Lipinski definition) is 8. The minimum absolute atomic E-state index is 0.197. The van der Waals surface area contributed by atoms with Crippen LogP contribution in [0.25, 0.3) is 0 Å². The number of aliphatic hydroxyl groups is 5. The van der Waals surface area contributed by atoms with Crippen LogP contribution in [0.15, 0.2) is 72.9 Å². The normalized spacial score (nSPS) is 20.6. The predicted octanol–water partition coefficient (Wildman–Crippen LogP) is 12.1. The summed E-state index contributed by atoms with van der Waals surface area (Å²) in [6.45, 7) is 3.65. The van der Waals surface area contributed by atoms with Crippen molar-refractivity contribution >= 4 is 5.91 Å². The number of hydrogen-bond donors (Lipinski definition) is 6. The van der Waals surface area contributed by atoms with Crippen molar-refractivity contribution in [3.8, 4) is 0 Å². The number of carbonyl (C=O) groups excluding carboxylic acids is 1. The van der Waals surface area contributed by atoms with Crippen molar-refractivity contribution in [3.63, 3.8) is 0 Å². The van der Waals surface area contributed by atoms with E-state index in [0.29, 0.717) is 6.42 Å². The molecule has 1 fully saturated rings. The number of carbonyl (C=O) groups is 1. The fourth-order valence-corrected chi connectivity index (χ4v) is 7.87.